The lowest BCUT2D eigenvalue weighted by Gasteiger charge is -2.24. The number of para-hydroxylation sites is 1. The lowest BCUT2D eigenvalue weighted by molar-refractivity contribution is 0.0203. The van der Waals surface area contributed by atoms with Gasteiger partial charge >= 0.3 is 0 Å². The van der Waals surface area contributed by atoms with Crippen LogP contribution in [0.1, 0.15) is 165 Å². The second-order valence-electron chi connectivity index (χ2n) is 34.3. The van der Waals surface area contributed by atoms with Crippen LogP contribution in [0.25, 0.3) is 60.2 Å². The van der Waals surface area contributed by atoms with Gasteiger partial charge in [-0.05, 0) is 174 Å². The Balaban J connectivity index is 0.000000115. The molecule has 139 heavy (non-hydrogen) atoms. The number of fused-ring (bicyclic) bond motifs is 10. The number of nitrogen functional groups attached to an aromatic ring is 5. The molecule has 38 heteroatoms. The van der Waals surface area contributed by atoms with Crippen molar-refractivity contribution in [3.8, 4) is 35.1 Å². The number of benzene rings is 6. The van der Waals surface area contributed by atoms with Crippen LogP contribution in [0.15, 0.2) is 196 Å². The zero-order valence-corrected chi connectivity index (χ0v) is 77.9. The molecule has 6 aromatic carbocycles. The minimum Gasteiger partial charge on any atom is -0.475 e. The fourth-order valence-corrected chi connectivity index (χ4v) is 18.0. The van der Waals surface area contributed by atoms with Crippen molar-refractivity contribution in [3.63, 3.8) is 0 Å². The van der Waals surface area contributed by atoms with Crippen molar-refractivity contribution in [2.75, 3.05) is 126 Å². The summed E-state index contributed by atoms with van der Waals surface area (Å²) in [5, 5.41) is 4.96. The van der Waals surface area contributed by atoms with Crippen LogP contribution in [0.2, 0.25) is 0 Å². The van der Waals surface area contributed by atoms with E-state index in [1.165, 1.54) is 50.0 Å². The summed E-state index contributed by atoms with van der Waals surface area (Å²) in [5.74, 6) is 0.311. The molecule has 0 spiro atoms. The van der Waals surface area contributed by atoms with E-state index in [0.717, 1.165) is 116 Å². The number of hydrogen-bond acceptors (Lipinski definition) is 28. The van der Waals surface area contributed by atoms with Gasteiger partial charge in [-0.15, -0.1) is 0 Å². The first-order valence-electron chi connectivity index (χ1n) is 45.8. The zero-order chi connectivity index (χ0) is 97.2. The van der Waals surface area contributed by atoms with Crippen molar-refractivity contribution in [3.05, 3.63) is 241 Å². The molecular weight excluding hydrogens is 1770 g/mol. The summed E-state index contributed by atoms with van der Waals surface area (Å²) in [7, 11) is 1.71. The minimum absolute atomic E-state index is 0.00878. The third-order valence-corrected chi connectivity index (χ3v) is 25.1. The van der Waals surface area contributed by atoms with Gasteiger partial charge in [-0.1, -0.05) is 39.0 Å². The lowest BCUT2D eigenvalue weighted by Crippen LogP contribution is -2.32. The molecule has 16 aromatic rings. The number of amides is 5. The van der Waals surface area contributed by atoms with Crippen LogP contribution in [-0.2, 0) is 30.0 Å². The third kappa shape index (κ3) is 18.2. The number of ether oxygens (including phenoxy) is 6. The molecule has 22 rings (SSSR count). The van der Waals surface area contributed by atoms with Gasteiger partial charge in [0.15, 0.2) is 11.6 Å². The Hall–Kier alpha value is -16.9. The SMILES string of the molecule is CCCn1c(C(C)=O)cc2cc(N3CCOc4ncnc(N)c4C3=O)ccc21.CCCn1cc(C(C)(C)OC)c2cc(N3CCOc4ncnc(N)c4C3=O)ccc21.CCCn1cc(C(C)=O)c2cc(N3CCOc4ncnc(N)c4C3=O)ccc21.Nc1ncnc2c1C(=O)N(c1ccc3c(ccn3-c3ccccc3)c1)CCO2.Nc1ncnc2c1C(=O)N(c1ccc3c(ccn3C3CC3)c1)CCO2. The summed E-state index contributed by atoms with van der Waals surface area (Å²) in [6.07, 6.45) is 20.0. The Kier molecular flexibility index (Phi) is 26.1. The summed E-state index contributed by atoms with van der Waals surface area (Å²) in [6.45, 7) is 19.5. The van der Waals surface area contributed by atoms with Crippen LogP contribution in [0.3, 0.4) is 0 Å². The van der Waals surface area contributed by atoms with E-state index in [4.69, 9.17) is 57.1 Å². The van der Waals surface area contributed by atoms with E-state index < -0.39 is 5.60 Å². The summed E-state index contributed by atoms with van der Waals surface area (Å²) in [5.41, 5.74) is 42.7. The number of anilines is 10. The Morgan fingerprint density at radius 1 is 0.388 bits per heavy atom. The van der Waals surface area contributed by atoms with Gasteiger partial charge in [-0.25, -0.2) is 49.8 Å². The monoisotopic (exact) mass is 1870 g/mol. The molecule has 0 atom stereocenters. The fourth-order valence-electron chi connectivity index (χ4n) is 18.0. The largest absolute Gasteiger partial charge is 0.475 e. The molecule has 38 nitrogen and oxygen atoms in total. The maximum Gasteiger partial charge on any atom is 0.267 e. The molecule has 6 aliphatic rings. The average Bonchev–Trinajstić information content (AvgIpc) is 1.49. The second-order valence-corrected chi connectivity index (χ2v) is 34.3. The quantitative estimate of drug-likeness (QED) is 0.0529. The van der Waals surface area contributed by atoms with E-state index in [9.17, 15) is 33.6 Å². The van der Waals surface area contributed by atoms with Gasteiger partial charge in [0.2, 0.25) is 29.4 Å². The number of ketones is 2. The van der Waals surface area contributed by atoms with Crippen molar-refractivity contribution >= 4 is 153 Å². The van der Waals surface area contributed by atoms with E-state index in [1.807, 2.05) is 140 Å². The van der Waals surface area contributed by atoms with Gasteiger partial charge in [-0.2, -0.15) is 0 Å². The molecule has 1 fully saturated rings. The molecule has 5 amide bonds. The molecule has 710 valence electrons. The predicted molar refractivity (Wildman–Crippen MR) is 528 cm³/mol. The average molecular weight is 1880 g/mol. The molecule has 15 heterocycles. The molecular formula is C101H103N25O13. The number of hydrogen-bond donors (Lipinski definition) is 5. The van der Waals surface area contributed by atoms with Crippen LogP contribution in [0.4, 0.5) is 57.5 Å². The normalized spacial score (nSPS) is 14.6. The number of carbonyl (C=O) groups excluding carboxylic acids is 7. The molecule has 10 N–H and O–H groups in total. The van der Waals surface area contributed by atoms with Crippen LogP contribution < -0.4 is 76.9 Å². The first kappa shape index (κ1) is 92.5. The number of nitrogens with two attached hydrogens (primary N) is 5. The Labute approximate surface area is 797 Å². The lowest BCUT2D eigenvalue weighted by atomic mass is 9.97. The van der Waals surface area contributed by atoms with E-state index in [2.05, 4.69) is 132 Å². The van der Waals surface area contributed by atoms with Crippen LogP contribution in [0.5, 0.6) is 29.4 Å². The van der Waals surface area contributed by atoms with Crippen molar-refractivity contribution in [1.82, 2.24) is 72.7 Å². The van der Waals surface area contributed by atoms with Gasteiger partial charge in [0, 0.05) is 159 Å². The minimum atomic E-state index is -0.466. The Bertz CT molecular complexity index is 7480. The molecule has 5 aliphatic heterocycles. The highest BCUT2D eigenvalue weighted by atomic mass is 16.5. The maximum absolute atomic E-state index is 13.3. The first-order valence-corrected chi connectivity index (χ1v) is 45.8. The number of carbonyl (C=O) groups is 7. The van der Waals surface area contributed by atoms with Crippen LogP contribution in [0, 0.1) is 0 Å². The fraction of sp³-hybridized carbons (Fsp3) is 0.277. The van der Waals surface area contributed by atoms with E-state index in [1.54, 1.807) is 45.5 Å². The Morgan fingerprint density at radius 3 is 1.14 bits per heavy atom. The predicted octanol–water partition coefficient (Wildman–Crippen LogP) is 14.1. The smallest absolute Gasteiger partial charge is 0.267 e. The molecule has 0 bridgehead atoms. The molecule has 1 saturated carbocycles. The van der Waals surface area contributed by atoms with Gasteiger partial charge in [0.25, 0.3) is 29.5 Å². The topological polar surface area (TPSA) is 475 Å². The number of nitrogens with zero attached hydrogens (tertiary/aromatic N) is 20. The van der Waals surface area contributed by atoms with Crippen molar-refractivity contribution < 1.29 is 62.0 Å². The molecule has 0 saturated heterocycles. The standard InChI is InChI=1S/C22H27N5O3.C21H17N5O2.2C20H21N5O3.C18H17N5O2/c1-5-8-26-12-16(22(2,3)29-4)15-11-14(6-7-17(15)26)27-9-10-30-20-18(21(27)28)19(23)24-13-25-20;22-19-18-20(24-13-23-19)28-11-10-26(21(18)27)16-6-7-17-14(12-16)8-9-25(17)15-4-2-1-3-5-15;1-3-6-25-15-5-4-14(9-13(15)10-16(25)12(2)26)24-7-8-28-19-17(20(24)27)18(21)22-11-23-19;1-3-6-24-10-15(12(2)26)14-9-13(4-5-16(14)24)25-7-8-28-19-17(20(25)27)18(21)22-11-23-19;19-16-15-17(21-10-20-16)25-8-7-23(18(15)24)13-3-4-14-11(9-13)5-6-22(14)12-1-2-12/h6-7,11-13H,5,8-10H2,1-4H3,(H2,23,24,25);1-9,12-13H,10-11H2,(H2,22,23,24);2*4-5,9-11H,3,6-8H2,1-2H3,(H2,21,22,23);3-6,9-10,12H,1-2,7-8H2,(H2,19,20,21). The third-order valence-electron chi connectivity index (χ3n) is 25.1. The van der Waals surface area contributed by atoms with Crippen LogP contribution >= 0.6 is 0 Å². The molecule has 0 radical (unpaired) electrons. The molecule has 0 unspecified atom stereocenters. The number of methoxy groups -OCH3 is 1. The maximum atomic E-state index is 13.3. The zero-order valence-electron chi connectivity index (χ0n) is 77.9. The summed E-state index contributed by atoms with van der Waals surface area (Å²) < 4.78 is 44.5. The van der Waals surface area contributed by atoms with Crippen molar-refractivity contribution in [2.45, 2.75) is 112 Å². The first-order chi connectivity index (χ1) is 67.3. The second kappa shape index (κ2) is 39.2. The van der Waals surface area contributed by atoms with E-state index in [0.29, 0.717) is 87.8 Å². The highest BCUT2D eigenvalue weighted by Crippen LogP contribution is 2.43. The molecule has 1 aliphatic carbocycles. The van der Waals surface area contributed by atoms with Crippen molar-refractivity contribution in [2.24, 2.45) is 0 Å². The van der Waals surface area contributed by atoms with Crippen molar-refractivity contribution in [1.29, 1.82) is 0 Å². The number of aryl methyl sites for hydroxylation is 3. The van der Waals surface area contributed by atoms with Gasteiger partial charge in [-0.3, -0.25) is 33.6 Å². The summed E-state index contributed by atoms with van der Waals surface area (Å²) >= 11 is 0. The van der Waals surface area contributed by atoms with Crippen LogP contribution in [-0.4, -0.2) is 187 Å². The van der Waals surface area contributed by atoms with E-state index >= 15 is 0 Å². The number of Topliss-reactive ketones (excluding diaryl/α,β-unsaturated/α-hetero) is 2. The Morgan fingerprint density at radius 2 is 0.748 bits per heavy atom. The summed E-state index contributed by atoms with van der Waals surface area (Å²) in [6, 6.07) is 46.3. The number of rotatable bonds is 17. The van der Waals surface area contributed by atoms with E-state index in [-0.39, 0.29) is 134 Å². The van der Waals surface area contributed by atoms with Gasteiger partial charge in [0.1, 0.15) is 122 Å². The highest BCUT2D eigenvalue weighted by Gasteiger charge is 2.37. The molecule has 10 aromatic heterocycles. The number of aromatic nitrogens is 15. The summed E-state index contributed by atoms with van der Waals surface area (Å²) in [4.78, 5) is 138. The van der Waals surface area contributed by atoms with Gasteiger partial charge in [0.05, 0.1) is 49.5 Å². The van der Waals surface area contributed by atoms with Gasteiger partial charge < -0.3 is 104 Å². The highest BCUT2D eigenvalue weighted by molar-refractivity contribution is 6.16.